The lowest BCUT2D eigenvalue weighted by molar-refractivity contribution is 0.164. The maximum absolute atomic E-state index is 9.60. The van der Waals surface area contributed by atoms with Crippen molar-refractivity contribution in [1.29, 1.82) is 0 Å². The fourth-order valence-corrected chi connectivity index (χ4v) is 2.95. The molecule has 0 aromatic heterocycles. The third-order valence-corrected chi connectivity index (χ3v) is 4.15. The van der Waals surface area contributed by atoms with Crippen LogP contribution in [0.5, 0.6) is 5.75 Å². The minimum atomic E-state index is 0.314. The van der Waals surface area contributed by atoms with E-state index in [1.165, 1.54) is 12.0 Å². The van der Waals surface area contributed by atoms with Gasteiger partial charge in [0, 0.05) is 32.2 Å². The van der Waals surface area contributed by atoms with Crippen LogP contribution >= 0.6 is 15.9 Å². The van der Waals surface area contributed by atoms with Crippen LogP contribution in [0.15, 0.2) is 22.7 Å². The van der Waals surface area contributed by atoms with E-state index in [9.17, 15) is 5.11 Å². The molecule has 1 aliphatic rings. The van der Waals surface area contributed by atoms with Gasteiger partial charge in [0.25, 0.3) is 0 Å². The molecule has 18 heavy (non-hydrogen) atoms. The number of nitrogens with zero attached hydrogens (tertiary/aromatic N) is 1. The highest BCUT2D eigenvalue weighted by atomic mass is 79.9. The number of nitrogens with one attached hydrogen (secondary N) is 1. The topological polar surface area (TPSA) is 35.5 Å². The normalized spacial score (nSPS) is 18.8. The molecular formula is C14H21BrN2O. The summed E-state index contributed by atoms with van der Waals surface area (Å²) in [5.74, 6) is 0.314. The van der Waals surface area contributed by atoms with Crippen molar-refractivity contribution in [2.75, 3.05) is 26.2 Å². The molecule has 1 fully saturated rings. The van der Waals surface area contributed by atoms with Crippen LogP contribution in [-0.4, -0.2) is 36.2 Å². The molecule has 1 heterocycles. The van der Waals surface area contributed by atoms with Gasteiger partial charge in [-0.2, -0.15) is 0 Å². The Morgan fingerprint density at radius 3 is 2.72 bits per heavy atom. The van der Waals surface area contributed by atoms with Crippen molar-refractivity contribution in [3.63, 3.8) is 0 Å². The molecule has 2 rings (SSSR count). The number of halogens is 1. The first-order chi connectivity index (χ1) is 8.72. The molecule has 1 saturated heterocycles. The largest absolute Gasteiger partial charge is 0.507 e. The van der Waals surface area contributed by atoms with Crippen LogP contribution in [0.1, 0.15) is 31.4 Å². The van der Waals surface area contributed by atoms with Gasteiger partial charge >= 0.3 is 0 Å². The molecule has 0 spiro atoms. The van der Waals surface area contributed by atoms with E-state index in [4.69, 9.17) is 0 Å². The number of piperazine rings is 1. The van der Waals surface area contributed by atoms with Crippen molar-refractivity contribution in [1.82, 2.24) is 10.2 Å². The Balaban J connectivity index is 2.19. The second-order valence-electron chi connectivity index (χ2n) is 4.80. The van der Waals surface area contributed by atoms with Gasteiger partial charge in [-0.3, -0.25) is 4.90 Å². The zero-order chi connectivity index (χ0) is 13.0. The first-order valence-electron chi connectivity index (χ1n) is 6.65. The average molecular weight is 313 g/mol. The lowest BCUT2D eigenvalue weighted by Crippen LogP contribution is -2.45. The molecule has 0 unspecified atom stereocenters. The van der Waals surface area contributed by atoms with E-state index in [-0.39, 0.29) is 0 Å². The third-order valence-electron chi connectivity index (χ3n) is 3.51. The number of phenolic OH excluding ortho intramolecular Hbond substituents is 1. The molecule has 0 aliphatic carbocycles. The van der Waals surface area contributed by atoms with Crippen LogP contribution in [0.4, 0.5) is 0 Å². The number of phenols is 1. The van der Waals surface area contributed by atoms with Crippen molar-refractivity contribution >= 4 is 15.9 Å². The number of benzene rings is 1. The van der Waals surface area contributed by atoms with Crippen molar-refractivity contribution in [3.8, 4) is 5.75 Å². The van der Waals surface area contributed by atoms with E-state index in [0.717, 1.165) is 37.1 Å². The monoisotopic (exact) mass is 312 g/mol. The molecular weight excluding hydrogens is 292 g/mol. The zero-order valence-corrected chi connectivity index (χ0v) is 12.4. The molecule has 1 aromatic rings. The van der Waals surface area contributed by atoms with Gasteiger partial charge in [-0.25, -0.2) is 0 Å². The number of hydrogen-bond acceptors (Lipinski definition) is 3. The Hall–Kier alpha value is -0.580. The molecule has 3 nitrogen and oxygen atoms in total. The highest BCUT2D eigenvalue weighted by molar-refractivity contribution is 9.10. The van der Waals surface area contributed by atoms with Gasteiger partial charge in [-0.15, -0.1) is 0 Å². The molecule has 0 radical (unpaired) electrons. The predicted molar refractivity (Wildman–Crippen MR) is 77.9 cm³/mol. The van der Waals surface area contributed by atoms with Gasteiger partial charge in [0.1, 0.15) is 5.75 Å². The van der Waals surface area contributed by atoms with Crippen LogP contribution < -0.4 is 5.32 Å². The molecule has 0 saturated carbocycles. The Labute approximate surface area is 117 Å². The Bertz CT molecular complexity index is 391. The summed E-state index contributed by atoms with van der Waals surface area (Å²) >= 11 is 3.41. The number of aromatic hydroxyl groups is 1. The molecule has 0 amide bonds. The van der Waals surface area contributed by atoms with E-state index < -0.39 is 0 Å². The number of rotatable bonds is 4. The highest BCUT2D eigenvalue weighted by Gasteiger charge is 2.21. The summed E-state index contributed by atoms with van der Waals surface area (Å²) in [6.07, 6.45) is 2.34. The predicted octanol–water partition coefficient (Wildman–Crippen LogP) is 2.90. The lowest BCUT2D eigenvalue weighted by atomic mass is 10.00. The molecule has 100 valence electrons. The second kappa shape index (κ2) is 6.55. The maximum atomic E-state index is 9.60. The fraction of sp³-hybridized carbons (Fsp3) is 0.571. The zero-order valence-electron chi connectivity index (χ0n) is 10.8. The molecule has 1 atom stereocenters. The van der Waals surface area contributed by atoms with Crippen LogP contribution in [0, 0.1) is 0 Å². The van der Waals surface area contributed by atoms with Crippen molar-refractivity contribution in [2.24, 2.45) is 0 Å². The van der Waals surface area contributed by atoms with Crippen LogP contribution in [-0.2, 0) is 0 Å². The van der Waals surface area contributed by atoms with E-state index in [0.29, 0.717) is 11.8 Å². The van der Waals surface area contributed by atoms with Crippen molar-refractivity contribution in [2.45, 2.75) is 25.8 Å². The number of hydrogen-bond donors (Lipinski definition) is 2. The van der Waals surface area contributed by atoms with E-state index >= 15 is 0 Å². The van der Waals surface area contributed by atoms with Crippen molar-refractivity contribution < 1.29 is 5.11 Å². The third kappa shape index (κ3) is 3.25. The molecule has 0 bridgehead atoms. The van der Waals surface area contributed by atoms with E-state index in [1.54, 1.807) is 6.07 Å². The van der Waals surface area contributed by atoms with Gasteiger partial charge in [0.2, 0.25) is 0 Å². The van der Waals surface area contributed by atoms with Gasteiger partial charge in [-0.05, 0) is 40.0 Å². The quantitative estimate of drug-likeness (QED) is 0.897. The molecule has 2 N–H and O–H groups in total. The minimum absolute atomic E-state index is 0.314. The van der Waals surface area contributed by atoms with Crippen molar-refractivity contribution in [3.05, 3.63) is 28.2 Å². The van der Waals surface area contributed by atoms with Gasteiger partial charge in [0.05, 0.1) is 4.47 Å². The fourth-order valence-electron chi connectivity index (χ4n) is 2.56. The molecule has 4 heteroatoms. The first-order valence-corrected chi connectivity index (χ1v) is 7.45. The average Bonchev–Trinajstić information content (AvgIpc) is 2.40. The van der Waals surface area contributed by atoms with E-state index in [1.807, 2.05) is 6.07 Å². The highest BCUT2D eigenvalue weighted by Crippen LogP contribution is 2.32. The summed E-state index contributed by atoms with van der Waals surface area (Å²) in [6, 6.07) is 6.35. The summed E-state index contributed by atoms with van der Waals surface area (Å²) in [6.45, 7) is 6.57. The van der Waals surface area contributed by atoms with Crippen LogP contribution in [0.25, 0.3) is 0 Å². The summed E-state index contributed by atoms with van der Waals surface area (Å²) in [7, 11) is 0. The summed E-state index contributed by atoms with van der Waals surface area (Å²) in [5, 5.41) is 13.0. The Morgan fingerprint density at radius 2 is 2.11 bits per heavy atom. The van der Waals surface area contributed by atoms with E-state index in [2.05, 4.69) is 39.1 Å². The molecule has 1 aliphatic heterocycles. The molecule has 1 aromatic carbocycles. The maximum Gasteiger partial charge on any atom is 0.129 e. The Kier molecular flexibility index (Phi) is 5.03. The van der Waals surface area contributed by atoms with Gasteiger partial charge in [0.15, 0.2) is 0 Å². The SMILES string of the molecule is CCC[C@@H](c1ccc(O)c(Br)c1)N1CCNCC1. The minimum Gasteiger partial charge on any atom is -0.507 e. The smallest absolute Gasteiger partial charge is 0.129 e. The lowest BCUT2D eigenvalue weighted by Gasteiger charge is -2.35. The summed E-state index contributed by atoms with van der Waals surface area (Å²) in [5.41, 5.74) is 1.29. The van der Waals surface area contributed by atoms with Gasteiger partial charge in [-0.1, -0.05) is 19.4 Å². The second-order valence-corrected chi connectivity index (χ2v) is 5.66. The van der Waals surface area contributed by atoms with Crippen LogP contribution in [0.3, 0.4) is 0 Å². The van der Waals surface area contributed by atoms with Crippen LogP contribution in [0.2, 0.25) is 0 Å². The van der Waals surface area contributed by atoms with Gasteiger partial charge < -0.3 is 10.4 Å². The standard InChI is InChI=1S/C14H21BrN2O/c1-2-3-13(17-8-6-16-7-9-17)11-4-5-14(18)12(15)10-11/h4-5,10,13,16,18H,2-3,6-9H2,1H3/t13-/m0/s1. The Morgan fingerprint density at radius 1 is 1.39 bits per heavy atom. The summed E-state index contributed by atoms with van der Waals surface area (Å²) in [4.78, 5) is 2.54. The summed E-state index contributed by atoms with van der Waals surface area (Å²) < 4.78 is 0.788. The first kappa shape index (κ1) is 13.8.